The van der Waals surface area contributed by atoms with Crippen LogP contribution >= 0.6 is 22.9 Å². The molecule has 2 heterocycles. The Morgan fingerprint density at radius 1 is 1.15 bits per heavy atom. The Hall–Kier alpha value is -2.57. The molecular weight excluding hydrogens is 577 g/mol. The second kappa shape index (κ2) is 13.4. The quantitative estimate of drug-likeness (QED) is 0.284. The van der Waals surface area contributed by atoms with Crippen molar-refractivity contribution in [2.45, 2.75) is 50.2 Å². The number of amides is 2. The lowest BCUT2D eigenvalue weighted by atomic mass is 10.00. The first kappa shape index (κ1) is 30.4. The zero-order valence-corrected chi connectivity index (χ0v) is 24.7. The highest BCUT2D eigenvalue weighted by Gasteiger charge is 2.31. The van der Waals surface area contributed by atoms with Gasteiger partial charge in [-0.05, 0) is 54.5 Å². The van der Waals surface area contributed by atoms with Gasteiger partial charge in [-0.15, -0.1) is 11.3 Å². The maximum Gasteiger partial charge on any atom is 0.242 e. The summed E-state index contributed by atoms with van der Waals surface area (Å²) >= 11 is 7.48. The molecule has 0 radical (unpaired) electrons. The first-order valence-electron chi connectivity index (χ1n) is 13.1. The summed E-state index contributed by atoms with van der Waals surface area (Å²) in [7, 11) is -3.99. The highest BCUT2D eigenvalue weighted by atomic mass is 35.5. The van der Waals surface area contributed by atoms with Gasteiger partial charge in [-0.1, -0.05) is 43.6 Å². The Balaban J connectivity index is 1.31. The molecule has 0 spiro atoms. The molecular formula is C28H33ClFN3O5S2. The number of nitrogens with one attached hydrogen (secondary N) is 3. The van der Waals surface area contributed by atoms with Crippen molar-refractivity contribution in [3.8, 4) is 0 Å². The summed E-state index contributed by atoms with van der Waals surface area (Å²) < 4.78 is 48.0. The van der Waals surface area contributed by atoms with Crippen molar-refractivity contribution in [2.24, 2.45) is 11.8 Å². The van der Waals surface area contributed by atoms with E-state index in [4.69, 9.17) is 16.3 Å². The molecule has 4 rings (SSSR count). The number of sulfonamides is 1. The Bertz CT molecular complexity index is 1430. The molecule has 1 aliphatic heterocycles. The second-order valence-electron chi connectivity index (χ2n) is 10.3. The molecule has 8 nitrogen and oxygen atoms in total. The van der Waals surface area contributed by atoms with Gasteiger partial charge in [0, 0.05) is 35.2 Å². The Morgan fingerprint density at radius 2 is 1.93 bits per heavy atom. The fourth-order valence-electron chi connectivity index (χ4n) is 4.70. The second-order valence-corrected chi connectivity index (χ2v) is 13.6. The summed E-state index contributed by atoms with van der Waals surface area (Å²) in [6.07, 6.45) is 0.836. The van der Waals surface area contributed by atoms with Crippen LogP contribution in [0.1, 0.15) is 31.6 Å². The van der Waals surface area contributed by atoms with Gasteiger partial charge in [0.1, 0.15) is 16.8 Å². The van der Waals surface area contributed by atoms with Crippen molar-refractivity contribution in [2.75, 3.05) is 19.7 Å². The number of fused-ring (bicyclic) bond motifs is 1. The predicted octanol–water partition coefficient (Wildman–Crippen LogP) is 4.27. The van der Waals surface area contributed by atoms with Crippen molar-refractivity contribution in [3.05, 3.63) is 64.2 Å². The van der Waals surface area contributed by atoms with E-state index in [0.29, 0.717) is 19.4 Å². The topological polar surface area (TPSA) is 114 Å². The molecule has 1 aliphatic rings. The lowest BCUT2D eigenvalue weighted by molar-refractivity contribution is -0.129. The number of thiophene rings is 1. The zero-order chi connectivity index (χ0) is 28.9. The van der Waals surface area contributed by atoms with Gasteiger partial charge in [-0.3, -0.25) is 9.59 Å². The Kier molecular flexibility index (Phi) is 10.2. The minimum atomic E-state index is -3.99. The van der Waals surface area contributed by atoms with E-state index in [0.717, 1.165) is 33.2 Å². The van der Waals surface area contributed by atoms with Gasteiger partial charge in [-0.25, -0.2) is 17.5 Å². The van der Waals surface area contributed by atoms with Crippen LogP contribution in [0, 0.1) is 17.7 Å². The number of rotatable bonds is 12. The maximum absolute atomic E-state index is 13.3. The molecule has 0 saturated carbocycles. The van der Waals surface area contributed by atoms with Crippen LogP contribution in [-0.2, 0) is 30.8 Å². The van der Waals surface area contributed by atoms with Crippen molar-refractivity contribution < 1.29 is 27.1 Å². The lowest BCUT2D eigenvalue weighted by Crippen LogP contribution is -2.49. The number of halogens is 2. The van der Waals surface area contributed by atoms with Crippen molar-refractivity contribution >= 4 is 54.9 Å². The van der Waals surface area contributed by atoms with Crippen molar-refractivity contribution in [3.63, 3.8) is 0 Å². The highest BCUT2D eigenvalue weighted by Crippen LogP contribution is 2.26. The van der Waals surface area contributed by atoms with Gasteiger partial charge in [0.15, 0.2) is 0 Å². The maximum atomic E-state index is 13.3. The minimum Gasteiger partial charge on any atom is -0.376 e. The minimum absolute atomic E-state index is 0.0299. The van der Waals surface area contributed by atoms with Crippen LogP contribution in [0.15, 0.2) is 53.4 Å². The molecule has 2 amide bonds. The summed E-state index contributed by atoms with van der Waals surface area (Å²) in [5.41, 5.74) is 0. The molecule has 2 aromatic carbocycles. The molecule has 3 atom stereocenters. The molecule has 0 aliphatic carbocycles. The summed E-state index contributed by atoms with van der Waals surface area (Å²) in [5, 5.41) is 6.69. The normalized spacial score (nSPS) is 18.2. The third-order valence-electron chi connectivity index (χ3n) is 6.71. The number of carbonyl (C=O) groups excluding carboxylic acids is 2. The van der Waals surface area contributed by atoms with E-state index in [9.17, 15) is 22.4 Å². The number of hydrogen-bond donors (Lipinski definition) is 3. The van der Waals surface area contributed by atoms with Crippen molar-refractivity contribution in [1.82, 2.24) is 15.4 Å². The van der Waals surface area contributed by atoms with Gasteiger partial charge >= 0.3 is 0 Å². The van der Waals surface area contributed by atoms with Crippen LogP contribution in [0.2, 0.25) is 5.02 Å². The summed E-state index contributed by atoms with van der Waals surface area (Å²) in [4.78, 5) is 26.7. The average molecular weight is 610 g/mol. The fourth-order valence-corrected chi connectivity index (χ4v) is 7.34. The van der Waals surface area contributed by atoms with Crippen LogP contribution in [-0.4, -0.2) is 52.1 Å². The summed E-state index contributed by atoms with van der Waals surface area (Å²) in [6, 6.07) is 12.3. The number of benzene rings is 2. The lowest BCUT2D eigenvalue weighted by Gasteiger charge is -2.23. The number of hydrogen-bond acceptors (Lipinski definition) is 6. The van der Waals surface area contributed by atoms with Gasteiger partial charge in [0.25, 0.3) is 0 Å². The van der Waals surface area contributed by atoms with Gasteiger partial charge in [0.05, 0.1) is 17.5 Å². The number of carbonyl (C=O) groups is 2. The smallest absolute Gasteiger partial charge is 0.242 e. The van der Waals surface area contributed by atoms with Gasteiger partial charge < -0.3 is 15.4 Å². The zero-order valence-electron chi connectivity index (χ0n) is 22.3. The number of ether oxygens (including phenoxy) is 1. The van der Waals surface area contributed by atoms with E-state index in [2.05, 4.69) is 15.4 Å². The standard InChI is InChI=1S/C28H33ClFN3O5S2/c1-17(2)11-23(33-27(34)14-21-12-18-5-3-4-6-25(18)39-21)28(35)31-15-19-9-10-38-24(19)16-32-40(36,37)26-8-7-20(30)13-22(26)29/h3-8,12-13,17,19,23-24,32H,9-11,14-16H2,1-2H3,(H,31,35)(H,33,34)/t19-,23+,24-/m1/s1. The van der Waals surface area contributed by atoms with Gasteiger partial charge in [-0.2, -0.15) is 0 Å². The van der Waals surface area contributed by atoms with Gasteiger partial charge in [0.2, 0.25) is 21.8 Å². The van der Waals surface area contributed by atoms with E-state index in [1.54, 1.807) is 11.3 Å². The van der Waals surface area contributed by atoms with E-state index >= 15 is 0 Å². The van der Waals surface area contributed by atoms with E-state index in [1.165, 1.54) is 0 Å². The van der Waals surface area contributed by atoms with Crippen molar-refractivity contribution in [1.29, 1.82) is 0 Å². The molecule has 0 unspecified atom stereocenters. The molecule has 1 aromatic heterocycles. The monoisotopic (exact) mass is 609 g/mol. The average Bonchev–Trinajstić information content (AvgIpc) is 3.51. The molecule has 40 heavy (non-hydrogen) atoms. The van der Waals surface area contributed by atoms with Crippen LogP contribution in [0.4, 0.5) is 4.39 Å². The highest BCUT2D eigenvalue weighted by molar-refractivity contribution is 7.89. The summed E-state index contributed by atoms with van der Waals surface area (Å²) in [6.45, 7) is 4.63. The Morgan fingerprint density at radius 3 is 2.65 bits per heavy atom. The molecule has 1 saturated heterocycles. The van der Waals surface area contributed by atoms with Crippen LogP contribution < -0.4 is 15.4 Å². The molecule has 216 valence electrons. The predicted molar refractivity (Wildman–Crippen MR) is 154 cm³/mol. The largest absolute Gasteiger partial charge is 0.376 e. The van der Waals surface area contributed by atoms with E-state index in [1.807, 2.05) is 44.2 Å². The van der Waals surface area contributed by atoms with E-state index in [-0.39, 0.29) is 53.1 Å². The van der Waals surface area contributed by atoms with Crippen LogP contribution in [0.5, 0.6) is 0 Å². The molecule has 3 aromatic rings. The third-order valence-corrected chi connectivity index (χ3v) is 9.74. The summed E-state index contributed by atoms with van der Waals surface area (Å²) in [5.74, 6) is -1.10. The molecule has 0 bridgehead atoms. The first-order chi connectivity index (χ1) is 19.0. The SMILES string of the molecule is CC(C)C[C@H](NC(=O)Cc1cc2ccccc2s1)C(=O)NC[C@H]1CCO[C@@H]1CNS(=O)(=O)c1ccc(F)cc1Cl. The first-order valence-corrected chi connectivity index (χ1v) is 15.8. The molecule has 12 heteroatoms. The third kappa shape index (κ3) is 8.01. The van der Waals surface area contributed by atoms with Crippen LogP contribution in [0.25, 0.3) is 10.1 Å². The Labute approximate surface area is 242 Å². The van der Waals surface area contributed by atoms with E-state index < -0.39 is 28.0 Å². The van der Waals surface area contributed by atoms with Crippen LogP contribution in [0.3, 0.4) is 0 Å². The fraction of sp³-hybridized carbons (Fsp3) is 0.429. The molecule has 3 N–H and O–H groups in total. The molecule has 1 fully saturated rings.